The van der Waals surface area contributed by atoms with Crippen molar-refractivity contribution in [1.29, 1.82) is 0 Å². The Morgan fingerprint density at radius 1 is 1.00 bits per heavy atom. The van der Waals surface area contributed by atoms with Crippen LogP contribution in [0.25, 0.3) is 0 Å². The zero-order valence-corrected chi connectivity index (χ0v) is 15.6. The summed E-state index contributed by atoms with van der Waals surface area (Å²) in [5.41, 5.74) is 4.69. The monoisotopic (exact) mass is 348 g/mol. The summed E-state index contributed by atoms with van der Waals surface area (Å²) in [7, 11) is 0. The zero-order valence-electron chi connectivity index (χ0n) is 15.6. The number of rotatable bonds is 3. The molecule has 0 spiro atoms. The molecule has 3 rings (SSSR count). The lowest BCUT2D eigenvalue weighted by Crippen LogP contribution is -2.00. The van der Waals surface area contributed by atoms with Crippen LogP contribution in [0.3, 0.4) is 0 Å². The molecule has 0 bridgehead atoms. The smallest absolute Gasteiger partial charge is 0.134 e. The summed E-state index contributed by atoms with van der Waals surface area (Å²) in [5.74, 6) is 1.88. The number of allylic oxidation sites excluding steroid dienone is 3. The minimum Gasteiger partial charge on any atom is -0.508 e. The molecule has 1 aliphatic heterocycles. The number of ether oxygens (including phenoxy) is 1. The molecule has 2 aromatic rings. The van der Waals surface area contributed by atoms with Crippen molar-refractivity contribution in [3.8, 4) is 11.5 Å². The van der Waals surface area contributed by atoms with Crippen LogP contribution in [0.1, 0.15) is 49.3 Å². The van der Waals surface area contributed by atoms with Gasteiger partial charge in [-0.1, -0.05) is 48.6 Å². The van der Waals surface area contributed by atoms with Crippen LogP contribution in [-0.4, -0.2) is 5.11 Å². The standard InChI is InChI=1S/C24H28O2/c1-18-8-6-10-19(2)26-24-17-21(15-14-20-11-4-3-5-12-20)16-23(25)22(24)13-7-9-18/h3-5,9,11-12,16-17,25H,2,6-8,10,13-15H2,1H3/b18-9-. The fourth-order valence-electron chi connectivity index (χ4n) is 3.44. The molecule has 1 N–H and O–H groups in total. The Balaban J connectivity index is 1.82. The van der Waals surface area contributed by atoms with Crippen LogP contribution in [0.15, 0.2) is 66.5 Å². The van der Waals surface area contributed by atoms with E-state index in [1.54, 1.807) is 0 Å². The van der Waals surface area contributed by atoms with Gasteiger partial charge in [0.25, 0.3) is 0 Å². The highest BCUT2D eigenvalue weighted by molar-refractivity contribution is 5.48. The van der Waals surface area contributed by atoms with Crippen molar-refractivity contribution in [1.82, 2.24) is 0 Å². The summed E-state index contributed by atoms with van der Waals surface area (Å²) in [5, 5.41) is 10.6. The van der Waals surface area contributed by atoms with Gasteiger partial charge in [-0.05, 0) is 68.7 Å². The molecule has 1 aliphatic rings. The Bertz CT molecular complexity index is 787. The van der Waals surface area contributed by atoms with E-state index >= 15 is 0 Å². The average molecular weight is 348 g/mol. The molecular weight excluding hydrogens is 320 g/mol. The van der Waals surface area contributed by atoms with Crippen molar-refractivity contribution in [2.45, 2.75) is 51.9 Å². The van der Waals surface area contributed by atoms with Crippen LogP contribution in [0, 0.1) is 0 Å². The van der Waals surface area contributed by atoms with Gasteiger partial charge in [-0.25, -0.2) is 0 Å². The predicted octanol–water partition coefficient (Wildman–Crippen LogP) is 6.13. The highest BCUT2D eigenvalue weighted by Crippen LogP contribution is 2.34. The third-order valence-electron chi connectivity index (χ3n) is 4.96. The van der Waals surface area contributed by atoms with Gasteiger partial charge in [-0.2, -0.15) is 0 Å². The largest absolute Gasteiger partial charge is 0.508 e. The third kappa shape index (κ3) is 5.01. The Labute approximate surface area is 156 Å². The van der Waals surface area contributed by atoms with E-state index in [2.05, 4.69) is 49.9 Å². The van der Waals surface area contributed by atoms with Gasteiger partial charge < -0.3 is 9.84 Å². The zero-order chi connectivity index (χ0) is 18.4. The van der Waals surface area contributed by atoms with E-state index in [9.17, 15) is 5.11 Å². The number of benzene rings is 2. The van der Waals surface area contributed by atoms with Gasteiger partial charge in [-0.3, -0.25) is 0 Å². The maximum absolute atomic E-state index is 10.6. The van der Waals surface area contributed by atoms with Crippen LogP contribution >= 0.6 is 0 Å². The summed E-state index contributed by atoms with van der Waals surface area (Å²) >= 11 is 0. The highest BCUT2D eigenvalue weighted by Gasteiger charge is 2.14. The summed E-state index contributed by atoms with van der Waals surface area (Å²) < 4.78 is 6.06. The summed E-state index contributed by atoms with van der Waals surface area (Å²) in [4.78, 5) is 0. The molecule has 0 amide bonds. The lowest BCUT2D eigenvalue weighted by atomic mass is 9.99. The van der Waals surface area contributed by atoms with Gasteiger partial charge >= 0.3 is 0 Å². The molecule has 0 unspecified atom stereocenters. The second kappa shape index (κ2) is 8.75. The summed E-state index contributed by atoms with van der Waals surface area (Å²) in [6.45, 7) is 6.25. The minimum absolute atomic E-state index is 0.337. The van der Waals surface area contributed by atoms with Crippen molar-refractivity contribution >= 4 is 0 Å². The van der Waals surface area contributed by atoms with Crippen molar-refractivity contribution in [3.05, 3.63) is 83.1 Å². The van der Waals surface area contributed by atoms with Crippen LogP contribution in [-0.2, 0) is 19.3 Å². The molecule has 0 saturated carbocycles. The van der Waals surface area contributed by atoms with E-state index < -0.39 is 0 Å². The maximum Gasteiger partial charge on any atom is 0.134 e. The second-order valence-corrected chi connectivity index (χ2v) is 7.16. The summed E-state index contributed by atoms with van der Waals surface area (Å²) in [6, 6.07) is 14.4. The van der Waals surface area contributed by atoms with Gasteiger partial charge in [0.05, 0.1) is 5.76 Å². The van der Waals surface area contributed by atoms with Crippen molar-refractivity contribution in [2.24, 2.45) is 0 Å². The molecule has 26 heavy (non-hydrogen) atoms. The highest BCUT2D eigenvalue weighted by atomic mass is 16.5. The van der Waals surface area contributed by atoms with E-state index in [4.69, 9.17) is 4.74 Å². The fraction of sp³-hybridized carbons (Fsp3) is 0.333. The summed E-state index contributed by atoms with van der Waals surface area (Å²) in [6.07, 6.45) is 8.78. The number of aryl methyl sites for hydroxylation is 2. The number of hydrogen-bond donors (Lipinski definition) is 1. The lowest BCUT2D eigenvalue weighted by Gasteiger charge is -2.16. The number of hydrogen-bond acceptors (Lipinski definition) is 2. The Hall–Kier alpha value is -2.48. The van der Waals surface area contributed by atoms with E-state index in [-0.39, 0.29) is 0 Å². The average Bonchev–Trinajstić information content (AvgIpc) is 2.65. The molecule has 136 valence electrons. The first-order chi connectivity index (χ1) is 12.6. The van der Waals surface area contributed by atoms with Gasteiger partial charge in [0.1, 0.15) is 11.5 Å². The normalized spacial score (nSPS) is 17.4. The number of aromatic hydroxyl groups is 1. The third-order valence-corrected chi connectivity index (χ3v) is 4.96. The molecule has 0 radical (unpaired) electrons. The van der Waals surface area contributed by atoms with Crippen LogP contribution < -0.4 is 4.74 Å². The number of phenolic OH excluding ortho intramolecular Hbond substituents is 1. The maximum atomic E-state index is 10.6. The quantitative estimate of drug-likeness (QED) is 0.676. The topological polar surface area (TPSA) is 29.5 Å². The van der Waals surface area contributed by atoms with E-state index in [0.29, 0.717) is 5.75 Å². The molecule has 0 aliphatic carbocycles. The van der Waals surface area contributed by atoms with Gasteiger partial charge in [0.2, 0.25) is 0 Å². The first-order valence-electron chi connectivity index (χ1n) is 9.52. The molecular formula is C24H28O2. The second-order valence-electron chi connectivity index (χ2n) is 7.16. The van der Waals surface area contributed by atoms with Crippen molar-refractivity contribution in [3.63, 3.8) is 0 Å². The van der Waals surface area contributed by atoms with E-state index in [0.717, 1.165) is 67.6 Å². The van der Waals surface area contributed by atoms with Gasteiger partial charge in [-0.15, -0.1) is 0 Å². The fourth-order valence-corrected chi connectivity index (χ4v) is 3.44. The molecule has 0 fully saturated rings. The van der Waals surface area contributed by atoms with Crippen LogP contribution in [0.5, 0.6) is 11.5 Å². The number of fused-ring (bicyclic) bond motifs is 1. The van der Waals surface area contributed by atoms with Crippen molar-refractivity contribution < 1.29 is 9.84 Å². The lowest BCUT2D eigenvalue weighted by molar-refractivity contribution is 0.390. The molecule has 0 aromatic heterocycles. The Morgan fingerprint density at radius 2 is 1.77 bits per heavy atom. The van der Waals surface area contributed by atoms with Crippen LogP contribution in [0.2, 0.25) is 0 Å². The Kier molecular flexibility index (Phi) is 6.17. The molecule has 0 atom stereocenters. The van der Waals surface area contributed by atoms with E-state index in [1.807, 2.05) is 12.1 Å². The number of phenols is 1. The first-order valence-corrected chi connectivity index (χ1v) is 9.52. The SMILES string of the molecule is C=C1CCC/C(C)=C\CCc2c(O)cc(CCc3ccccc3)cc2O1. The van der Waals surface area contributed by atoms with E-state index in [1.165, 1.54) is 11.1 Å². The van der Waals surface area contributed by atoms with Gasteiger partial charge in [0, 0.05) is 12.0 Å². The molecule has 2 nitrogen and oxygen atoms in total. The van der Waals surface area contributed by atoms with Crippen molar-refractivity contribution in [2.75, 3.05) is 0 Å². The first kappa shape index (κ1) is 18.3. The molecule has 2 heteroatoms. The predicted molar refractivity (Wildman–Crippen MR) is 108 cm³/mol. The van der Waals surface area contributed by atoms with Crippen LogP contribution in [0.4, 0.5) is 0 Å². The molecule has 0 saturated heterocycles. The Morgan fingerprint density at radius 3 is 2.58 bits per heavy atom. The molecule has 1 heterocycles. The molecule has 2 aromatic carbocycles. The van der Waals surface area contributed by atoms with Gasteiger partial charge in [0.15, 0.2) is 0 Å². The minimum atomic E-state index is 0.337.